The molecule has 110 valence electrons. The SMILES string of the molecule is CCC1(CNC2CCc3cc(Br)ccc3C2)CCCC1. The molecular weight excluding hydrogens is 310 g/mol. The summed E-state index contributed by atoms with van der Waals surface area (Å²) in [6.45, 7) is 3.61. The zero-order valence-corrected chi connectivity index (χ0v) is 14.1. The zero-order chi connectivity index (χ0) is 14.0. The van der Waals surface area contributed by atoms with Crippen molar-refractivity contribution in [3.8, 4) is 0 Å². The van der Waals surface area contributed by atoms with Gasteiger partial charge in [-0.2, -0.15) is 0 Å². The fourth-order valence-electron chi connectivity index (χ4n) is 4.04. The normalized spacial score (nSPS) is 24.6. The lowest BCUT2D eigenvalue weighted by molar-refractivity contribution is 0.250. The zero-order valence-electron chi connectivity index (χ0n) is 12.6. The molecule has 2 heteroatoms. The van der Waals surface area contributed by atoms with Gasteiger partial charge in [-0.1, -0.05) is 41.8 Å². The van der Waals surface area contributed by atoms with Crippen LogP contribution in [-0.2, 0) is 12.8 Å². The van der Waals surface area contributed by atoms with Crippen molar-refractivity contribution in [3.63, 3.8) is 0 Å². The van der Waals surface area contributed by atoms with Crippen molar-refractivity contribution in [2.24, 2.45) is 5.41 Å². The van der Waals surface area contributed by atoms with E-state index in [2.05, 4.69) is 46.4 Å². The summed E-state index contributed by atoms with van der Waals surface area (Å²) in [5, 5.41) is 3.90. The third kappa shape index (κ3) is 3.12. The van der Waals surface area contributed by atoms with Crippen molar-refractivity contribution in [2.75, 3.05) is 6.54 Å². The third-order valence-electron chi connectivity index (χ3n) is 5.58. The fourth-order valence-corrected chi connectivity index (χ4v) is 4.45. The molecule has 2 aliphatic carbocycles. The molecule has 0 radical (unpaired) electrons. The molecule has 0 heterocycles. The smallest absolute Gasteiger partial charge is 0.0178 e. The molecule has 0 amide bonds. The molecule has 1 fully saturated rings. The molecule has 1 aromatic carbocycles. The van der Waals surface area contributed by atoms with Gasteiger partial charge in [-0.05, 0) is 67.2 Å². The van der Waals surface area contributed by atoms with E-state index < -0.39 is 0 Å². The van der Waals surface area contributed by atoms with Crippen molar-refractivity contribution in [1.82, 2.24) is 5.32 Å². The number of fused-ring (bicyclic) bond motifs is 1. The van der Waals surface area contributed by atoms with Gasteiger partial charge in [0.2, 0.25) is 0 Å². The van der Waals surface area contributed by atoms with Crippen molar-refractivity contribution in [1.29, 1.82) is 0 Å². The van der Waals surface area contributed by atoms with Gasteiger partial charge in [0.15, 0.2) is 0 Å². The van der Waals surface area contributed by atoms with Gasteiger partial charge < -0.3 is 5.32 Å². The molecule has 1 atom stereocenters. The molecule has 0 spiro atoms. The van der Waals surface area contributed by atoms with Gasteiger partial charge in [0.1, 0.15) is 0 Å². The van der Waals surface area contributed by atoms with Crippen molar-refractivity contribution in [2.45, 2.75) is 64.3 Å². The first kappa shape index (κ1) is 14.6. The second-order valence-corrected chi connectivity index (χ2v) is 7.71. The van der Waals surface area contributed by atoms with E-state index in [1.165, 1.54) is 62.4 Å². The highest BCUT2D eigenvalue weighted by atomic mass is 79.9. The van der Waals surface area contributed by atoms with Crippen molar-refractivity contribution in [3.05, 3.63) is 33.8 Å². The van der Waals surface area contributed by atoms with Crippen LogP contribution in [0, 0.1) is 5.41 Å². The average Bonchev–Trinajstić information content (AvgIpc) is 2.94. The van der Waals surface area contributed by atoms with E-state index in [0.29, 0.717) is 11.5 Å². The van der Waals surface area contributed by atoms with E-state index >= 15 is 0 Å². The molecule has 1 unspecified atom stereocenters. The van der Waals surface area contributed by atoms with Gasteiger partial charge in [0.05, 0.1) is 0 Å². The maximum Gasteiger partial charge on any atom is 0.0178 e. The topological polar surface area (TPSA) is 12.0 Å². The third-order valence-corrected chi connectivity index (χ3v) is 6.07. The number of rotatable bonds is 4. The molecule has 0 aromatic heterocycles. The molecule has 2 aliphatic rings. The summed E-state index contributed by atoms with van der Waals surface area (Å²) in [6, 6.07) is 7.48. The Bertz CT molecular complexity index is 462. The van der Waals surface area contributed by atoms with Gasteiger partial charge in [-0.3, -0.25) is 0 Å². The standard InChI is InChI=1S/C18H26BrN/c1-2-18(9-3-4-10-18)13-20-17-8-6-14-11-16(19)7-5-15(14)12-17/h5,7,11,17,20H,2-4,6,8-10,12-13H2,1H3. The summed E-state index contributed by atoms with van der Waals surface area (Å²) in [6.07, 6.45) is 10.8. The van der Waals surface area contributed by atoms with Crippen LogP contribution in [-0.4, -0.2) is 12.6 Å². The summed E-state index contributed by atoms with van der Waals surface area (Å²) < 4.78 is 1.22. The van der Waals surface area contributed by atoms with E-state index in [1.807, 2.05) is 0 Å². The minimum Gasteiger partial charge on any atom is -0.313 e. The summed E-state index contributed by atoms with van der Waals surface area (Å²) in [5.41, 5.74) is 3.71. The molecule has 0 saturated heterocycles. The molecule has 1 nitrogen and oxygen atoms in total. The summed E-state index contributed by atoms with van der Waals surface area (Å²) >= 11 is 3.58. The Kier molecular flexibility index (Phi) is 4.52. The lowest BCUT2D eigenvalue weighted by Gasteiger charge is -2.32. The van der Waals surface area contributed by atoms with Crippen LogP contribution >= 0.6 is 15.9 Å². The summed E-state index contributed by atoms with van der Waals surface area (Å²) in [5.74, 6) is 0. The number of hydrogen-bond acceptors (Lipinski definition) is 1. The summed E-state index contributed by atoms with van der Waals surface area (Å²) in [7, 11) is 0. The van der Waals surface area contributed by atoms with Crippen LogP contribution in [0.3, 0.4) is 0 Å². The van der Waals surface area contributed by atoms with Crippen LogP contribution in [0.4, 0.5) is 0 Å². The molecule has 3 rings (SSSR count). The maximum absolute atomic E-state index is 3.90. The number of nitrogens with one attached hydrogen (secondary N) is 1. The lowest BCUT2D eigenvalue weighted by Crippen LogP contribution is -2.41. The Hall–Kier alpha value is -0.340. The maximum atomic E-state index is 3.90. The lowest BCUT2D eigenvalue weighted by atomic mass is 9.82. The number of hydrogen-bond donors (Lipinski definition) is 1. The van der Waals surface area contributed by atoms with Crippen molar-refractivity contribution < 1.29 is 0 Å². The van der Waals surface area contributed by atoms with Crippen LogP contribution in [0.2, 0.25) is 0 Å². The van der Waals surface area contributed by atoms with Crippen LogP contribution in [0.25, 0.3) is 0 Å². The Labute approximate surface area is 131 Å². The average molecular weight is 336 g/mol. The molecule has 1 saturated carbocycles. The molecule has 1 aromatic rings. The van der Waals surface area contributed by atoms with E-state index in [-0.39, 0.29) is 0 Å². The molecule has 0 aliphatic heterocycles. The number of benzene rings is 1. The minimum atomic E-state index is 0.611. The Balaban J connectivity index is 1.59. The van der Waals surface area contributed by atoms with Crippen molar-refractivity contribution >= 4 is 15.9 Å². The Morgan fingerprint density at radius 1 is 1.25 bits per heavy atom. The van der Waals surface area contributed by atoms with Gasteiger partial charge in [-0.25, -0.2) is 0 Å². The van der Waals surface area contributed by atoms with Crippen LogP contribution < -0.4 is 5.32 Å². The largest absolute Gasteiger partial charge is 0.313 e. The van der Waals surface area contributed by atoms with E-state index in [4.69, 9.17) is 0 Å². The predicted molar refractivity (Wildman–Crippen MR) is 89.1 cm³/mol. The van der Waals surface area contributed by atoms with Crippen LogP contribution in [0.15, 0.2) is 22.7 Å². The highest BCUT2D eigenvalue weighted by Crippen LogP contribution is 2.40. The Morgan fingerprint density at radius 2 is 2.05 bits per heavy atom. The van der Waals surface area contributed by atoms with E-state index in [0.717, 1.165) is 0 Å². The minimum absolute atomic E-state index is 0.611. The molecule has 0 bridgehead atoms. The van der Waals surface area contributed by atoms with Crippen LogP contribution in [0.1, 0.15) is 56.6 Å². The molecule has 1 N–H and O–H groups in total. The predicted octanol–water partition coefficient (Wildman–Crippen LogP) is 4.87. The second-order valence-electron chi connectivity index (χ2n) is 6.79. The first-order valence-electron chi connectivity index (χ1n) is 8.21. The second kappa shape index (κ2) is 6.19. The highest BCUT2D eigenvalue weighted by Gasteiger charge is 2.32. The fraction of sp³-hybridized carbons (Fsp3) is 0.667. The monoisotopic (exact) mass is 335 g/mol. The van der Waals surface area contributed by atoms with Gasteiger partial charge >= 0.3 is 0 Å². The first-order valence-corrected chi connectivity index (χ1v) is 9.01. The van der Waals surface area contributed by atoms with Crippen LogP contribution in [0.5, 0.6) is 0 Å². The van der Waals surface area contributed by atoms with E-state index in [9.17, 15) is 0 Å². The number of halogens is 1. The highest BCUT2D eigenvalue weighted by molar-refractivity contribution is 9.10. The number of aryl methyl sites for hydroxylation is 1. The molecular formula is C18H26BrN. The quantitative estimate of drug-likeness (QED) is 0.827. The summed E-state index contributed by atoms with van der Waals surface area (Å²) in [4.78, 5) is 0. The van der Waals surface area contributed by atoms with E-state index in [1.54, 1.807) is 11.1 Å². The van der Waals surface area contributed by atoms with Gasteiger partial charge in [0, 0.05) is 17.1 Å². The molecule has 20 heavy (non-hydrogen) atoms. The first-order chi connectivity index (χ1) is 9.71. The Morgan fingerprint density at radius 3 is 2.80 bits per heavy atom. The van der Waals surface area contributed by atoms with Gasteiger partial charge in [0.25, 0.3) is 0 Å². The van der Waals surface area contributed by atoms with Gasteiger partial charge in [-0.15, -0.1) is 0 Å².